The number of para-hydroxylation sites is 1. The van der Waals surface area contributed by atoms with E-state index in [1.165, 1.54) is 12.1 Å². The Morgan fingerprint density at radius 3 is 2.56 bits per heavy atom. The van der Waals surface area contributed by atoms with E-state index >= 15 is 0 Å². The van der Waals surface area contributed by atoms with E-state index in [-0.39, 0.29) is 23.5 Å². The van der Waals surface area contributed by atoms with E-state index in [2.05, 4.69) is 9.55 Å². The number of benzene rings is 2. The van der Waals surface area contributed by atoms with E-state index in [1.807, 2.05) is 29.3 Å². The highest BCUT2D eigenvalue weighted by molar-refractivity contribution is 5.92. The van der Waals surface area contributed by atoms with Crippen LogP contribution in [0.1, 0.15) is 39.8 Å². The number of carbonyl (C=O) groups excluding carboxylic acids is 1. The number of fused-ring (bicyclic) bond motifs is 1. The van der Waals surface area contributed by atoms with Gasteiger partial charge in [0.15, 0.2) is 0 Å². The molecule has 0 N–H and O–H groups in total. The second-order valence-electron chi connectivity index (χ2n) is 8.67. The highest BCUT2D eigenvalue weighted by Crippen LogP contribution is 2.30. The van der Waals surface area contributed by atoms with Gasteiger partial charge in [0.05, 0.1) is 5.69 Å². The van der Waals surface area contributed by atoms with E-state index in [0.717, 1.165) is 30.8 Å². The van der Waals surface area contributed by atoms with Crippen LogP contribution >= 0.6 is 0 Å². The van der Waals surface area contributed by atoms with Crippen molar-refractivity contribution in [1.29, 1.82) is 0 Å². The van der Waals surface area contributed by atoms with Gasteiger partial charge in [0.25, 0.3) is 5.91 Å². The second kappa shape index (κ2) is 8.37. The molecule has 1 amide bonds. The van der Waals surface area contributed by atoms with Crippen LogP contribution in [-0.2, 0) is 13.0 Å². The monoisotopic (exact) mass is 436 g/mol. The van der Waals surface area contributed by atoms with Gasteiger partial charge in [-0.2, -0.15) is 0 Å². The number of rotatable bonds is 3. The summed E-state index contributed by atoms with van der Waals surface area (Å²) in [4.78, 5) is 21.5. The van der Waals surface area contributed by atoms with E-state index in [1.54, 1.807) is 24.0 Å². The Balaban J connectivity index is 1.25. The Morgan fingerprint density at radius 2 is 1.81 bits per heavy atom. The Labute approximate surface area is 186 Å². The average molecular weight is 437 g/mol. The number of carbonyl (C=O) groups is 1. The van der Waals surface area contributed by atoms with Crippen LogP contribution in [0.4, 0.5) is 14.5 Å². The van der Waals surface area contributed by atoms with Crippen molar-refractivity contribution in [2.45, 2.75) is 32.2 Å². The summed E-state index contributed by atoms with van der Waals surface area (Å²) >= 11 is 0. The zero-order valence-corrected chi connectivity index (χ0v) is 18.1. The zero-order chi connectivity index (χ0) is 22.2. The van der Waals surface area contributed by atoms with Crippen molar-refractivity contribution in [1.82, 2.24) is 14.5 Å². The maximum atomic E-state index is 14.1. The Morgan fingerprint density at radius 1 is 1.03 bits per heavy atom. The largest absolute Gasteiger partial charge is 0.366 e. The lowest BCUT2D eigenvalue weighted by atomic mass is 9.90. The summed E-state index contributed by atoms with van der Waals surface area (Å²) in [7, 11) is 0. The number of hydrogen-bond donors (Lipinski definition) is 0. The molecule has 0 aliphatic carbocycles. The lowest BCUT2D eigenvalue weighted by Crippen LogP contribution is -2.49. The van der Waals surface area contributed by atoms with Gasteiger partial charge in [-0.05, 0) is 42.7 Å². The molecule has 2 aliphatic rings. The van der Waals surface area contributed by atoms with Crippen LogP contribution in [-0.4, -0.2) is 46.5 Å². The molecule has 5 rings (SSSR count). The fraction of sp³-hybridized carbons (Fsp3) is 0.360. The van der Waals surface area contributed by atoms with E-state index < -0.39 is 0 Å². The molecule has 0 saturated carbocycles. The number of halogens is 2. The second-order valence-corrected chi connectivity index (χ2v) is 8.67. The van der Waals surface area contributed by atoms with Gasteiger partial charge in [0.2, 0.25) is 0 Å². The first kappa shape index (κ1) is 20.7. The molecule has 1 fully saturated rings. The molecule has 32 heavy (non-hydrogen) atoms. The first-order valence-corrected chi connectivity index (χ1v) is 11.1. The molecule has 7 heteroatoms. The van der Waals surface area contributed by atoms with Crippen LogP contribution < -0.4 is 4.90 Å². The number of anilines is 1. The fourth-order valence-electron chi connectivity index (χ4n) is 4.76. The summed E-state index contributed by atoms with van der Waals surface area (Å²) in [5, 5.41) is 0. The number of aryl methyl sites for hydroxylation is 2. The fourth-order valence-corrected chi connectivity index (χ4v) is 4.76. The zero-order valence-electron chi connectivity index (χ0n) is 18.1. The van der Waals surface area contributed by atoms with E-state index in [9.17, 15) is 13.6 Å². The number of amides is 1. The van der Waals surface area contributed by atoms with Crippen LogP contribution in [0.15, 0.2) is 48.7 Å². The summed E-state index contributed by atoms with van der Waals surface area (Å²) in [5.74, 6) is 0.710. The Bertz CT molecular complexity index is 1150. The molecule has 3 aromatic rings. The third kappa shape index (κ3) is 3.87. The number of imidazole rings is 1. The molecule has 0 bridgehead atoms. The molecule has 1 saturated heterocycles. The van der Waals surface area contributed by atoms with Gasteiger partial charge in [-0.1, -0.05) is 24.3 Å². The first-order valence-electron chi connectivity index (χ1n) is 11.1. The molecule has 1 atom stereocenters. The number of nitrogens with zero attached hydrogens (tertiary/aromatic N) is 4. The van der Waals surface area contributed by atoms with Gasteiger partial charge in [0.1, 0.15) is 23.2 Å². The molecule has 2 aromatic carbocycles. The molecular weight excluding hydrogens is 410 g/mol. The highest BCUT2D eigenvalue weighted by atomic mass is 19.1. The van der Waals surface area contributed by atoms with Gasteiger partial charge in [-0.25, -0.2) is 13.8 Å². The van der Waals surface area contributed by atoms with Crippen LogP contribution in [0.5, 0.6) is 0 Å². The van der Waals surface area contributed by atoms with Gasteiger partial charge < -0.3 is 14.4 Å². The maximum absolute atomic E-state index is 14.1. The Kier molecular flexibility index (Phi) is 5.41. The van der Waals surface area contributed by atoms with Crippen molar-refractivity contribution < 1.29 is 13.6 Å². The minimum atomic E-state index is -0.236. The molecule has 3 heterocycles. The van der Waals surface area contributed by atoms with Crippen molar-refractivity contribution >= 4 is 11.6 Å². The lowest BCUT2D eigenvalue weighted by Gasteiger charge is -2.35. The lowest BCUT2D eigenvalue weighted by molar-refractivity contribution is 0.0741. The van der Waals surface area contributed by atoms with Crippen molar-refractivity contribution in [2.24, 2.45) is 0 Å². The smallest absolute Gasteiger partial charge is 0.274 e. The van der Waals surface area contributed by atoms with Crippen molar-refractivity contribution in [2.75, 3.05) is 31.1 Å². The topological polar surface area (TPSA) is 41.4 Å². The Hall–Kier alpha value is -3.22. The van der Waals surface area contributed by atoms with Gasteiger partial charge in [-0.15, -0.1) is 0 Å². The summed E-state index contributed by atoms with van der Waals surface area (Å²) in [6.07, 6.45) is 3.57. The third-order valence-electron chi connectivity index (χ3n) is 6.63. The summed E-state index contributed by atoms with van der Waals surface area (Å²) in [5.41, 5.74) is 2.83. The third-order valence-corrected chi connectivity index (χ3v) is 6.63. The molecule has 5 nitrogen and oxygen atoms in total. The van der Waals surface area contributed by atoms with Crippen molar-refractivity contribution in [3.05, 3.63) is 82.9 Å². The average Bonchev–Trinajstić information content (AvgIpc) is 3.24. The summed E-state index contributed by atoms with van der Waals surface area (Å²) in [6.45, 7) is 4.77. The minimum absolute atomic E-state index is 0.0748. The molecule has 0 radical (unpaired) electrons. The van der Waals surface area contributed by atoms with Crippen LogP contribution in [0.2, 0.25) is 0 Å². The molecule has 0 spiro atoms. The van der Waals surface area contributed by atoms with Gasteiger partial charge in [0, 0.05) is 51.3 Å². The molecule has 1 aromatic heterocycles. The highest BCUT2D eigenvalue weighted by Gasteiger charge is 2.28. The normalized spacial score (nSPS) is 18.5. The van der Waals surface area contributed by atoms with E-state index in [4.69, 9.17) is 0 Å². The number of hydrogen-bond acceptors (Lipinski definition) is 3. The van der Waals surface area contributed by atoms with Crippen LogP contribution in [0.25, 0.3) is 0 Å². The van der Waals surface area contributed by atoms with E-state index in [0.29, 0.717) is 43.1 Å². The molecule has 1 unspecified atom stereocenters. The molecule has 2 aliphatic heterocycles. The quantitative estimate of drug-likeness (QED) is 0.619. The molecule has 166 valence electrons. The maximum Gasteiger partial charge on any atom is 0.274 e. The number of piperazine rings is 1. The minimum Gasteiger partial charge on any atom is -0.366 e. The SMILES string of the molecule is Cc1cc(C2CCc3nc(C(=O)N4CCN(c5ccccc5F)CC4)cn3C2)ccc1F. The molecular formula is C25H26F2N4O. The van der Waals surface area contributed by atoms with Crippen molar-refractivity contribution in [3.63, 3.8) is 0 Å². The van der Waals surface area contributed by atoms with Crippen LogP contribution in [0, 0.1) is 18.6 Å². The van der Waals surface area contributed by atoms with Crippen LogP contribution in [0.3, 0.4) is 0 Å². The predicted molar refractivity (Wildman–Crippen MR) is 119 cm³/mol. The van der Waals surface area contributed by atoms with Gasteiger partial charge >= 0.3 is 0 Å². The predicted octanol–water partition coefficient (Wildman–Crippen LogP) is 4.16. The standard InChI is InChI=1S/C25H26F2N4O/c1-17-14-18(6-8-20(17)26)19-7-9-24-28-22(16-31(24)15-19)25(32)30-12-10-29(11-13-30)23-5-3-2-4-21(23)27/h2-6,8,14,16,19H,7,9-13,15H2,1H3. The van der Waals surface area contributed by atoms with Gasteiger partial charge in [-0.3, -0.25) is 4.79 Å². The first-order chi connectivity index (χ1) is 15.5. The summed E-state index contributed by atoms with van der Waals surface area (Å²) < 4.78 is 29.8. The van der Waals surface area contributed by atoms with Crippen molar-refractivity contribution in [3.8, 4) is 0 Å². The summed E-state index contributed by atoms with van der Waals surface area (Å²) in [6, 6.07) is 12.0. The number of aromatic nitrogens is 2.